The molecule has 0 aromatic heterocycles. The lowest BCUT2D eigenvalue weighted by Crippen LogP contribution is -2.44. The first kappa shape index (κ1) is 25.7. The van der Waals surface area contributed by atoms with Gasteiger partial charge in [0, 0.05) is 11.8 Å². The molecular weight excluding hydrogens is 525 g/mol. The number of amides is 2. The number of nitrogens with zero attached hydrogens (tertiary/aromatic N) is 2. The summed E-state index contributed by atoms with van der Waals surface area (Å²) in [4.78, 5) is 44.5. The van der Waals surface area contributed by atoms with Crippen LogP contribution in [0.3, 0.4) is 0 Å². The van der Waals surface area contributed by atoms with Gasteiger partial charge in [-0.15, -0.1) is 0 Å². The molecule has 3 heterocycles. The summed E-state index contributed by atoms with van der Waals surface area (Å²) in [7, 11) is 2.90. The summed E-state index contributed by atoms with van der Waals surface area (Å²) >= 11 is 0. The predicted octanol–water partition coefficient (Wildman–Crippen LogP) is 5.12. The molecule has 10 heteroatoms. The average Bonchev–Trinajstić information content (AvgIpc) is 3.44. The van der Waals surface area contributed by atoms with Crippen LogP contribution in [0.1, 0.15) is 33.1 Å². The topological polar surface area (TPSA) is 76.2 Å². The van der Waals surface area contributed by atoms with Crippen molar-refractivity contribution in [3.63, 3.8) is 0 Å². The zero-order valence-corrected chi connectivity index (χ0v) is 21.4. The fourth-order valence-electron chi connectivity index (χ4n) is 6.09. The summed E-state index contributed by atoms with van der Waals surface area (Å²) in [5.41, 5.74) is 0.678. The Balaban J connectivity index is 1.48. The van der Waals surface area contributed by atoms with Crippen LogP contribution in [0.5, 0.6) is 11.5 Å². The summed E-state index contributed by atoms with van der Waals surface area (Å²) in [5.74, 6) is -3.15. The first-order valence-electron chi connectivity index (χ1n) is 12.5. The van der Waals surface area contributed by atoms with Gasteiger partial charge in [-0.3, -0.25) is 14.4 Å². The molecule has 0 saturated carbocycles. The molecular formula is C30H23F3N2O5. The second kappa shape index (κ2) is 9.25. The molecule has 3 aliphatic heterocycles. The van der Waals surface area contributed by atoms with E-state index < -0.39 is 53.3 Å². The number of ether oxygens (including phenoxy) is 2. The van der Waals surface area contributed by atoms with Crippen LogP contribution < -0.4 is 14.4 Å². The van der Waals surface area contributed by atoms with Crippen molar-refractivity contribution >= 4 is 29.4 Å². The van der Waals surface area contributed by atoms with Crippen LogP contribution in [0, 0.1) is 11.8 Å². The lowest BCUT2D eigenvalue weighted by atomic mass is 9.83. The fourth-order valence-corrected chi connectivity index (χ4v) is 6.09. The molecule has 0 N–H and O–H groups in total. The lowest BCUT2D eigenvalue weighted by Gasteiger charge is -2.35. The van der Waals surface area contributed by atoms with Gasteiger partial charge in [-0.2, -0.15) is 13.2 Å². The number of hydrogen-bond donors (Lipinski definition) is 0. The maximum Gasteiger partial charge on any atom is 0.416 e. The number of carbonyl (C=O) groups is 3. The molecule has 2 fully saturated rings. The van der Waals surface area contributed by atoms with Gasteiger partial charge in [0.05, 0.1) is 43.3 Å². The number of imide groups is 1. The predicted molar refractivity (Wildman–Crippen MR) is 139 cm³/mol. The molecule has 4 atom stereocenters. The Bertz CT molecular complexity index is 1580. The molecule has 0 unspecified atom stereocenters. The number of alkyl halides is 3. The van der Waals surface area contributed by atoms with E-state index in [1.54, 1.807) is 29.3 Å². The van der Waals surface area contributed by atoms with Crippen molar-refractivity contribution in [3.05, 3.63) is 95.2 Å². The number of Topliss-reactive ketones (excluding diaryl/α,β-unsaturated/α-hetero) is 1. The monoisotopic (exact) mass is 548 g/mol. The summed E-state index contributed by atoms with van der Waals surface area (Å²) in [6.45, 7) is 0. The summed E-state index contributed by atoms with van der Waals surface area (Å²) in [6.07, 6.45) is -1.13. The van der Waals surface area contributed by atoms with E-state index in [1.165, 1.54) is 26.4 Å². The number of methoxy groups -OCH3 is 2. The molecule has 0 bridgehead atoms. The highest BCUT2D eigenvalue weighted by Gasteiger charge is 2.64. The zero-order valence-electron chi connectivity index (χ0n) is 21.4. The van der Waals surface area contributed by atoms with Gasteiger partial charge < -0.3 is 14.4 Å². The number of rotatable bonds is 5. The van der Waals surface area contributed by atoms with E-state index in [9.17, 15) is 27.6 Å². The van der Waals surface area contributed by atoms with Crippen molar-refractivity contribution < 1.29 is 37.0 Å². The minimum atomic E-state index is -4.66. The highest BCUT2D eigenvalue weighted by molar-refractivity contribution is 6.24. The van der Waals surface area contributed by atoms with Gasteiger partial charge in [0.2, 0.25) is 11.8 Å². The minimum absolute atomic E-state index is 0.178. The number of fused-ring (bicyclic) bond motifs is 5. The molecule has 3 aromatic rings. The smallest absolute Gasteiger partial charge is 0.416 e. The Hall–Kier alpha value is -4.60. The molecule has 6 rings (SSSR count). The van der Waals surface area contributed by atoms with Crippen molar-refractivity contribution in [1.82, 2.24) is 4.90 Å². The maximum absolute atomic E-state index is 14.1. The number of ketones is 1. The molecule has 7 nitrogen and oxygen atoms in total. The number of hydrogen-bond acceptors (Lipinski definition) is 6. The minimum Gasteiger partial charge on any atom is -0.493 e. The number of carbonyl (C=O) groups excluding carboxylic acids is 3. The molecule has 2 amide bonds. The normalized spacial score (nSPS) is 23.1. The third kappa shape index (κ3) is 3.77. The van der Waals surface area contributed by atoms with E-state index in [1.807, 2.05) is 24.3 Å². The number of anilines is 1. The van der Waals surface area contributed by atoms with Crippen LogP contribution in [0.15, 0.2) is 72.9 Å². The van der Waals surface area contributed by atoms with E-state index >= 15 is 0 Å². The first-order valence-corrected chi connectivity index (χ1v) is 12.5. The zero-order chi connectivity index (χ0) is 28.3. The van der Waals surface area contributed by atoms with Crippen LogP contribution in [-0.4, -0.2) is 42.8 Å². The van der Waals surface area contributed by atoms with Crippen LogP contribution >= 0.6 is 0 Å². The number of halogens is 3. The van der Waals surface area contributed by atoms with Gasteiger partial charge in [0.25, 0.3) is 0 Å². The second-order valence-corrected chi connectivity index (χ2v) is 9.83. The Kier molecular flexibility index (Phi) is 5.94. The third-order valence-electron chi connectivity index (χ3n) is 7.83. The average molecular weight is 549 g/mol. The van der Waals surface area contributed by atoms with Crippen molar-refractivity contribution in [2.45, 2.75) is 18.3 Å². The molecule has 3 aromatic carbocycles. The first-order chi connectivity index (χ1) is 19.2. The van der Waals surface area contributed by atoms with Crippen LogP contribution in [-0.2, 0) is 15.8 Å². The van der Waals surface area contributed by atoms with Gasteiger partial charge in [0.15, 0.2) is 17.3 Å². The SMILES string of the molecule is COc1ccc(C(=O)[C@@H]2[C@@H]3C(=O)N(c4cccc(C(F)(F)F)c4)C(=O)[C@@H]3[C@@H]3c4ccccc4C=CN23)cc1OC. The van der Waals surface area contributed by atoms with Gasteiger partial charge in [-0.25, -0.2) is 4.90 Å². The molecule has 0 aliphatic carbocycles. The van der Waals surface area contributed by atoms with Crippen LogP contribution in [0.2, 0.25) is 0 Å². The Morgan fingerprint density at radius 2 is 1.57 bits per heavy atom. The van der Waals surface area contributed by atoms with Gasteiger partial charge >= 0.3 is 6.18 Å². The molecule has 0 spiro atoms. The standard InChI is InChI=1S/C30H23F3N2O5/c1-39-21-11-10-17(14-22(21)40-2)27(36)26-24-23(25-20-9-4-3-6-16(20)12-13-34(25)26)28(37)35(29(24)38)19-8-5-7-18(15-19)30(31,32)33/h3-15,23-26H,1-2H3/t23-,24+,25-,26-/m0/s1. The van der Waals surface area contributed by atoms with E-state index in [2.05, 4.69) is 0 Å². The molecule has 0 radical (unpaired) electrons. The van der Waals surface area contributed by atoms with Crippen molar-refractivity contribution in [1.29, 1.82) is 0 Å². The van der Waals surface area contributed by atoms with E-state index in [0.717, 1.165) is 34.2 Å². The fraction of sp³-hybridized carbons (Fsp3) is 0.233. The maximum atomic E-state index is 14.1. The Morgan fingerprint density at radius 3 is 2.30 bits per heavy atom. The van der Waals surface area contributed by atoms with E-state index in [0.29, 0.717) is 11.5 Å². The van der Waals surface area contributed by atoms with Crippen LogP contribution in [0.25, 0.3) is 6.08 Å². The Morgan fingerprint density at radius 1 is 0.850 bits per heavy atom. The highest BCUT2D eigenvalue weighted by atomic mass is 19.4. The van der Waals surface area contributed by atoms with Gasteiger partial charge in [0.1, 0.15) is 6.04 Å². The lowest BCUT2D eigenvalue weighted by molar-refractivity contribution is -0.137. The van der Waals surface area contributed by atoms with E-state index in [-0.39, 0.29) is 11.3 Å². The summed E-state index contributed by atoms with van der Waals surface area (Å²) in [5, 5.41) is 0. The molecule has 3 aliphatic rings. The van der Waals surface area contributed by atoms with Crippen molar-refractivity contribution in [3.8, 4) is 11.5 Å². The largest absolute Gasteiger partial charge is 0.493 e. The van der Waals surface area contributed by atoms with Crippen molar-refractivity contribution in [2.24, 2.45) is 11.8 Å². The summed E-state index contributed by atoms with van der Waals surface area (Å²) in [6, 6.07) is 14.4. The second-order valence-electron chi connectivity index (χ2n) is 9.83. The quantitative estimate of drug-likeness (QED) is 0.326. The van der Waals surface area contributed by atoms with Gasteiger partial charge in [-0.1, -0.05) is 30.3 Å². The van der Waals surface area contributed by atoms with Gasteiger partial charge in [-0.05, 0) is 53.6 Å². The number of benzene rings is 3. The van der Waals surface area contributed by atoms with Crippen LogP contribution in [0.4, 0.5) is 18.9 Å². The van der Waals surface area contributed by atoms with Crippen molar-refractivity contribution in [2.75, 3.05) is 19.1 Å². The highest BCUT2D eigenvalue weighted by Crippen LogP contribution is 2.54. The Labute approximate surface area is 227 Å². The molecule has 204 valence electrons. The third-order valence-corrected chi connectivity index (χ3v) is 7.83. The molecule has 2 saturated heterocycles. The van der Waals surface area contributed by atoms with E-state index in [4.69, 9.17) is 9.47 Å². The molecule has 40 heavy (non-hydrogen) atoms. The summed E-state index contributed by atoms with van der Waals surface area (Å²) < 4.78 is 51.0.